The average Bonchev–Trinajstić information content (AvgIpc) is 3.30. The normalized spacial score (nSPS) is 17.0. The zero-order chi connectivity index (χ0) is 18.4. The second-order valence-corrected chi connectivity index (χ2v) is 7.93. The van der Waals surface area contributed by atoms with Crippen molar-refractivity contribution in [1.82, 2.24) is 4.90 Å². The molecule has 1 saturated heterocycles. The molecule has 0 unspecified atom stereocenters. The van der Waals surface area contributed by atoms with Crippen molar-refractivity contribution >= 4 is 22.9 Å². The van der Waals surface area contributed by atoms with Crippen LogP contribution in [-0.2, 0) is 22.5 Å². The van der Waals surface area contributed by atoms with Gasteiger partial charge in [0.2, 0.25) is 5.91 Å². The second-order valence-electron chi connectivity index (χ2n) is 6.89. The Labute approximate surface area is 160 Å². The van der Waals surface area contributed by atoms with Crippen molar-refractivity contribution in [3.8, 4) is 0 Å². The average molecular weight is 373 g/mol. The number of rotatable bonds is 8. The van der Waals surface area contributed by atoms with Crippen LogP contribution >= 0.6 is 11.3 Å². The highest BCUT2D eigenvalue weighted by Crippen LogP contribution is 2.22. The van der Waals surface area contributed by atoms with Crippen molar-refractivity contribution < 1.29 is 9.53 Å². The van der Waals surface area contributed by atoms with Crippen molar-refractivity contribution in [2.75, 3.05) is 25.0 Å². The van der Waals surface area contributed by atoms with Gasteiger partial charge < -0.3 is 10.1 Å². The van der Waals surface area contributed by atoms with Gasteiger partial charge in [0, 0.05) is 30.3 Å². The quantitative estimate of drug-likeness (QED) is 0.754. The number of thiophene rings is 1. The molecule has 0 saturated carbocycles. The lowest BCUT2D eigenvalue weighted by Crippen LogP contribution is -2.38. The van der Waals surface area contributed by atoms with Crippen LogP contribution in [0.5, 0.6) is 0 Å². The summed E-state index contributed by atoms with van der Waals surface area (Å²) in [7, 11) is 0. The molecule has 1 atom stereocenters. The molecule has 1 aromatic carbocycles. The highest BCUT2D eigenvalue weighted by atomic mass is 32.1. The molecule has 0 radical (unpaired) electrons. The summed E-state index contributed by atoms with van der Waals surface area (Å²) in [5.74, 6) is 0.0450. The van der Waals surface area contributed by atoms with Crippen LogP contribution in [0.3, 0.4) is 0 Å². The lowest BCUT2D eigenvalue weighted by molar-refractivity contribution is -0.117. The number of carbonyl (C=O) groups is 1. The Morgan fingerprint density at radius 3 is 2.92 bits per heavy atom. The van der Waals surface area contributed by atoms with Crippen LogP contribution < -0.4 is 5.32 Å². The van der Waals surface area contributed by atoms with Gasteiger partial charge in [-0.15, -0.1) is 11.3 Å². The van der Waals surface area contributed by atoms with Gasteiger partial charge in [-0.05, 0) is 48.8 Å². The number of hydrogen-bond acceptors (Lipinski definition) is 4. The summed E-state index contributed by atoms with van der Waals surface area (Å²) in [6.07, 6.45) is 3.35. The van der Waals surface area contributed by atoms with Crippen molar-refractivity contribution in [2.24, 2.45) is 0 Å². The maximum absolute atomic E-state index is 12.8. The summed E-state index contributed by atoms with van der Waals surface area (Å²) in [4.78, 5) is 16.2. The van der Waals surface area contributed by atoms with Crippen LogP contribution in [-0.4, -0.2) is 36.6 Å². The number of benzene rings is 1. The minimum atomic E-state index is 0.0450. The van der Waals surface area contributed by atoms with Gasteiger partial charge in [0.15, 0.2) is 0 Å². The second kappa shape index (κ2) is 9.31. The molecule has 1 amide bonds. The summed E-state index contributed by atoms with van der Waals surface area (Å²) in [5, 5.41) is 5.23. The number of carbonyl (C=O) groups excluding carboxylic acids is 1. The summed E-state index contributed by atoms with van der Waals surface area (Å²) in [6, 6.07) is 10.4. The fraction of sp³-hybridized carbons (Fsp3) is 0.476. The number of aryl methyl sites for hydroxylation is 2. The molecule has 5 heteroatoms. The number of ether oxygens (including phenoxy) is 1. The molecule has 2 aromatic rings. The SMILES string of the molecule is CCc1cccc(C)c1NC(=O)CN(Cc1cccs1)C[C@@H]1CCCO1. The zero-order valence-corrected chi connectivity index (χ0v) is 16.5. The van der Waals surface area contributed by atoms with E-state index in [1.54, 1.807) is 11.3 Å². The maximum atomic E-state index is 12.8. The van der Waals surface area contributed by atoms with E-state index in [2.05, 4.69) is 40.7 Å². The minimum absolute atomic E-state index is 0.0450. The number of hydrogen-bond donors (Lipinski definition) is 1. The molecule has 1 aliphatic heterocycles. The van der Waals surface area contributed by atoms with Gasteiger partial charge in [0.05, 0.1) is 12.6 Å². The third kappa shape index (κ3) is 5.16. The van der Waals surface area contributed by atoms with E-state index in [0.29, 0.717) is 6.54 Å². The molecular formula is C21H28N2O2S. The highest BCUT2D eigenvalue weighted by molar-refractivity contribution is 7.09. The van der Waals surface area contributed by atoms with Gasteiger partial charge in [0.25, 0.3) is 0 Å². The first kappa shape index (κ1) is 19.1. The fourth-order valence-electron chi connectivity index (χ4n) is 3.47. The predicted molar refractivity (Wildman–Crippen MR) is 108 cm³/mol. The number of anilines is 1. The Balaban J connectivity index is 1.66. The van der Waals surface area contributed by atoms with Crippen molar-refractivity contribution in [1.29, 1.82) is 0 Å². The van der Waals surface area contributed by atoms with Crippen molar-refractivity contribution in [3.05, 3.63) is 51.7 Å². The first-order chi connectivity index (χ1) is 12.7. The standard InChI is InChI=1S/C21H28N2O2S/c1-3-17-8-4-7-16(2)21(17)22-20(24)15-23(13-18-9-5-11-25-18)14-19-10-6-12-26-19/h4,6-8,10,12,18H,3,5,9,11,13-15H2,1-2H3,(H,22,24)/t18-/m0/s1. The molecule has 2 heterocycles. The molecule has 0 bridgehead atoms. The first-order valence-electron chi connectivity index (χ1n) is 9.40. The van der Waals surface area contributed by atoms with Crippen LogP contribution in [0.2, 0.25) is 0 Å². The molecule has 3 rings (SSSR count). The lowest BCUT2D eigenvalue weighted by atomic mass is 10.1. The van der Waals surface area contributed by atoms with Gasteiger partial charge in [-0.2, -0.15) is 0 Å². The van der Waals surface area contributed by atoms with Crippen molar-refractivity contribution in [2.45, 2.75) is 45.8 Å². The fourth-order valence-corrected chi connectivity index (χ4v) is 4.21. The summed E-state index contributed by atoms with van der Waals surface area (Å²) < 4.78 is 5.79. The third-order valence-corrected chi connectivity index (χ3v) is 5.68. The van der Waals surface area contributed by atoms with Gasteiger partial charge >= 0.3 is 0 Å². The van der Waals surface area contributed by atoms with Crippen molar-refractivity contribution in [3.63, 3.8) is 0 Å². The molecule has 1 aliphatic rings. The number of nitrogens with one attached hydrogen (secondary N) is 1. The predicted octanol–water partition coefficient (Wildman–Crippen LogP) is 4.24. The van der Waals surface area contributed by atoms with Gasteiger partial charge in [-0.3, -0.25) is 9.69 Å². The zero-order valence-electron chi connectivity index (χ0n) is 15.7. The Kier molecular flexibility index (Phi) is 6.83. The van der Waals surface area contributed by atoms with Crippen LogP contribution in [0.15, 0.2) is 35.7 Å². The Bertz CT molecular complexity index is 709. The highest BCUT2D eigenvalue weighted by Gasteiger charge is 2.21. The topological polar surface area (TPSA) is 41.6 Å². The van der Waals surface area contributed by atoms with E-state index in [9.17, 15) is 4.79 Å². The summed E-state index contributed by atoms with van der Waals surface area (Å²) >= 11 is 1.73. The van der Waals surface area contributed by atoms with E-state index < -0.39 is 0 Å². The summed E-state index contributed by atoms with van der Waals surface area (Å²) in [5.41, 5.74) is 3.26. The van der Waals surface area contributed by atoms with Crippen LogP contribution in [0.25, 0.3) is 0 Å². The Morgan fingerprint density at radius 1 is 1.35 bits per heavy atom. The van der Waals surface area contributed by atoms with E-state index in [0.717, 1.165) is 50.2 Å². The van der Waals surface area contributed by atoms with Crippen LogP contribution in [0, 0.1) is 6.92 Å². The third-order valence-electron chi connectivity index (χ3n) is 4.82. The smallest absolute Gasteiger partial charge is 0.238 e. The van der Waals surface area contributed by atoms with E-state index in [-0.39, 0.29) is 12.0 Å². The molecule has 4 nitrogen and oxygen atoms in total. The maximum Gasteiger partial charge on any atom is 0.238 e. The Hall–Kier alpha value is -1.69. The minimum Gasteiger partial charge on any atom is -0.377 e. The molecule has 26 heavy (non-hydrogen) atoms. The lowest BCUT2D eigenvalue weighted by Gasteiger charge is -2.24. The van der Waals surface area contributed by atoms with Crippen LogP contribution in [0.1, 0.15) is 35.8 Å². The number of amides is 1. The summed E-state index contributed by atoms with van der Waals surface area (Å²) in [6.45, 7) is 6.98. The molecule has 1 N–H and O–H groups in total. The molecule has 140 valence electrons. The van der Waals surface area contributed by atoms with E-state index in [1.807, 2.05) is 19.1 Å². The Morgan fingerprint density at radius 2 is 2.23 bits per heavy atom. The van der Waals surface area contributed by atoms with Gasteiger partial charge in [-0.1, -0.05) is 31.2 Å². The largest absolute Gasteiger partial charge is 0.377 e. The first-order valence-corrected chi connectivity index (χ1v) is 10.3. The van der Waals surface area contributed by atoms with E-state index in [4.69, 9.17) is 4.74 Å². The molecule has 0 aliphatic carbocycles. The van der Waals surface area contributed by atoms with Gasteiger partial charge in [0.1, 0.15) is 0 Å². The monoisotopic (exact) mass is 372 g/mol. The molecular weight excluding hydrogens is 344 g/mol. The molecule has 0 spiro atoms. The van der Waals surface area contributed by atoms with Gasteiger partial charge in [-0.25, -0.2) is 0 Å². The van der Waals surface area contributed by atoms with E-state index in [1.165, 1.54) is 10.4 Å². The van der Waals surface area contributed by atoms with E-state index >= 15 is 0 Å². The molecule has 1 fully saturated rings. The number of nitrogens with zero attached hydrogens (tertiary/aromatic N) is 1. The van der Waals surface area contributed by atoms with Crippen LogP contribution in [0.4, 0.5) is 5.69 Å². The number of para-hydroxylation sites is 1. The molecule has 1 aromatic heterocycles.